The Labute approximate surface area is 165 Å². The lowest BCUT2D eigenvalue weighted by Crippen LogP contribution is -2.59. The van der Waals surface area contributed by atoms with Gasteiger partial charge in [-0.25, -0.2) is 0 Å². The van der Waals surface area contributed by atoms with E-state index in [1.165, 1.54) is 57.4 Å². The molecule has 7 heteroatoms. The Morgan fingerprint density at radius 3 is 2.04 bits per heavy atom. The zero-order chi connectivity index (χ0) is 20.3. The fraction of sp³-hybridized carbons (Fsp3) is 1.00. The van der Waals surface area contributed by atoms with Crippen molar-refractivity contribution < 1.29 is 29.9 Å². The van der Waals surface area contributed by atoms with E-state index >= 15 is 0 Å². The van der Waals surface area contributed by atoms with Gasteiger partial charge < -0.3 is 29.9 Å². The Morgan fingerprint density at radius 1 is 0.852 bits per heavy atom. The first-order valence-corrected chi connectivity index (χ1v) is 14.2. The molecule has 0 unspecified atom stereocenters. The van der Waals surface area contributed by atoms with E-state index < -0.39 is 45.4 Å². The summed E-state index contributed by atoms with van der Waals surface area (Å²) in [5.74, 6) is 0. The van der Waals surface area contributed by atoms with E-state index in [0.717, 1.165) is 6.04 Å². The van der Waals surface area contributed by atoms with Gasteiger partial charge in [0.1, 0.15) is 24.4 Å². The van der Waals surface area contributed by atoms with E-state index in [1.807, 2.05) is 0 Å². The molecule has 0 aromatic carbocycles. The fourth-order valence-corrected chi connectivity index (χ4v) is 5.71. The lowest BCUT2D eigenvalue weighted by Gasteiger charge is -2.40. The summed E-state index contributed by atoms with van der Waals surface area (Å²) in [6.45, 7) is 6.92. The van der Waals surface area contributed by atoms with Crippen LogP contribution in [-0.2, 0) is 9.47 Å². The quantitative estimate of drug-likeness (QED) is 0.261. The first-order valence-electron chi connectivity index (χ1n) is 10.7. The van der Waals surface area contributed by atoms with Crippen LogP contribution in [0.4, 0.5) is 0 Å². The molecule has 0 bridgehead atoms. The zero-order valence-electron chi connectivity index (χ0n) is 17.5. The number of hydrogen-bond donors (Lipinski definition) is 4. The molecule has 1 heterocycles. The molecule has 0 saturated carbocycles. The molecule has 0 amide bonds. The highest BCUT2D eigenvalue weighted by Crippen LogP contribution is 2.24. The normalized spacial score (nSPS) is 29.2. The Bertz CT molecular complexity index is 381. The van der Waals surface area contributed by atoms with Crippen molar-refractivity contribution in [3.8, 4) is 0 Å². The van der Waals surface area contributed by atoms with Crippen molar-refractivity contribution in [1.29, 1.82) is 0 Å². The summed E-state index contributed by atoms with van der Waals surface area (Å²) in [5, 5.41) is 39.0. The molecule has 0 aromatic rings. The molecule has 1 fully saturated rings. The van der Waals surface area contributed by atoms with Gasteiger partial charge in [-0.3, -0.25) is 0 Å². The van der Waals surface area contributed by atoms with Crippen LogP contribution in [0.5, 0.6) is 0 Å². The van der Waals surface area contributed by atoms with E-state index in [9.17, 15) is 15.3 Å². The monoisotopic (exact) mass is 406 g/mol. The summed E-state index contributed by atoms with van der Waals surface area (Å²) in [4.78, 5) is 0. The molecule has 1 saturated heterocycles. The van der Waals surface area contributed by atoms with Crippen LogP contribution in [0.15, 0.2) is 0 Å². The van der Waals surface area contributed by atoms with E-state index in [4.69, 9.17) is 14.6 Å². The molecule has 27 heavy (non-hydrogen) atoms. The standard InChI is InChI=1S/C20H42O6Si/c1-4-5-6-7-8-9-10-11-13-27(2,3)14-12-25-19-18(23)17(22)16(15-21)26-20(19)24/h16-24H,4-15H2,1-3H3/t16-,17-,18+,19-,20-/m1/s1. The number of unbranched alkanes of at least 4 members (excludes halogenated alkanes) is 7. The van der Waals surface area contributed by atoms with Crippen molar-refractivity contribution in [2.45, 2.75) is 114 Å². The van der Waals surface area contributed by atoms with E-state index in [1.54, 1.807) is 0 Å². The van der Waals surface area contributed by atoms with Crippen molar-refractivity contribution in [2.24, 2.45) is 0 Å². The molecule has 1 aliphatic heterocycles. The molecule has 1 rings (SSSR count). The minimum absolute atomic E-state index is 0.439. The SMILES string of the molecule is CCCCCCCCCC[Si](C)(C)CCO[C@@H]1[C@@H](O)[C@H](O)[C@@H](CO)O[C@H]1O. The number of hydrogen-bond acceptors (Lipinski definition) is 6. The van der Waals surface area contributed by atoms with Crippen LogP contribution in [0.2, 0.25) is 25.2 Å². The molecule has 6 nitrogen and oxygen atoms in total. The maximum Gasteiger partial charge on any atom is 0.184 e. The Hall–Kier alpha value is -0.0231. The summed E-state index contributed by atoms with van der Waals surface area (Å²) in [5.41, 5.74) is 0. The van der Waals surface area contributed by atoms with Crippen LogP contribution < -0.4 is 0 Å². The second-order valence-electron chi connectivity index (χ2n) is 8.70. The summed E-state index contributed by atoms with van der Waals surface area (Å²) in [7, 11) is -1.38. The topological polar surface area (TPSA) is 99.4 Å². The van der Waals surface area contributed by atoms with Gasteiger partial charge in [-0.05, 0) is 6.04 Å². The van der Waals surface area contributed by atoms with Crippen LogP contribution in [0.1, 0.15) is 58.3 Å². The largest absolute Gasteiger partial charge is 0.394 e. The highest BCUT2D eigenvalue weighted by molar-refractivity contribution is 6.77. The third-order valence-corrected chi connectivity index (χ3v) is 8.90. The van der Waals surface area contributed by atoms with Gasteiger partial charge in [0, 0.05) is 14.7 Å². The average Bonchev–Trinajstić information content (AvgIpc) is 2.63. The first kappa shape index (κ1) is 25.0. The summed E-state index contributed by atoms with van der Waals surface area (Å²) >= 11 is 0. The van der Waals surface area contributed by atoms with Gasteiger partial charge in [0.25, 0.3) is 0 Å². The molecular weight excluding hydrogens is 364 g/mol. The Kier molecular flexibility index (Phi) is 12.3. The van der Waals surface area contributed by atoms with Gasteiger partial charge in [0.05, 0.1) is 6.61 Å². The summed E-state index contributed by atoms with van der Waals surface area (Å²) < 4.78 is 10.8. The van der Waals surface area contributed by atoms with Crippen molar-refractivity contribution >= 4 is 8.07 Å². The van der Waals surface area contributed by atoms with Crippen molar-refractivity contribution in [3.05, 3.63) is 0 Å². The van der Waals surface area contributed by atoms with Gasteiger partial charge in [-0.2, -0.15) is 0 Å². The van der Waals surface area contributed by atoms with E-state index in [0.29, 0.717) is 6.61 Å². The van der Waals surface area contributed by atoms with Gasteiger partial charge in [0.2, 0.25) is 0 Å². The third-order valence-electron chi connectivity index (χ3n) is 5.64. The number of aliphatic hydroxyl groups excluding tert-OH is 4. The maximum atomic E-state index is 10.1. The number of ether oxygens (including phenoxy) is 2. The van der Waals surface area contributed by atoms with Gasteiger partial charge in [0.15, 0.2) is 6.29 Å². The second kappa shape index (κ2) is 13.2. The van der Waals surface area contributed by atoms with E-state index in [-0.39, 0.29) is 0 Å². The predicted octanol–water partition coefficient (Wildman–Crippen LogP) is 2.65. The van der Waals surface area contributed by atoms with Gasteiger partial charge in [-0.15, -0.1) is 0 Å². The number of rotatable bonds is 14. The minimum Gasteiger partial charge on any atom is -0.394 e. The smallest absolute Gasteiger partial charge is 0.184 e. The van der Waals surface area contributed by atoms with Crippen LogP contribution in [0, 0.1) is 0 Å². The minimum atomic E-state index is -1.38. The van der Waals surface area contributed by atoms with Crippen LogP contribution in [-0.4, -0.2) is 72.4 Å². The molecule has 0 aromatic heterocycles. The maximum absolute atomic E-state index is 10.1. The average molecular weight is 407 g/mol. The molecule has 0 radical (unpaired) electrons. The number of aliphatic hydroxyl groups is 4. The lowest BCUT2D eigenvalue weighted by atomic mass is 9.99. The second-order valence-corrected chi connectivity index (χ2v) is 14.0. The van der Waals surface area contributed by atoms with Crippen LogP contribution in [0.25, 0.3) is 0 Å². The molecule has 0 spiro atoms. The molecule has 0 aliphatic carbocycles. The lowest BCUT2D eigenvalue weighted by molar-refractivity contribution is -0.295. The van der Waals surface area contributed by atoms with Crippen molar-refractivity contribution in [1.82, 2.24) is 0 Å². The van der Waals surface area contributed by atoms with E-state index in [2.05, 4.69) is 20.0 Å². The molecular formula is C20H42O6Si. The fourth-order valence-electron chi connectivity index (χ4n) is 3.59. The highest BCUT2D eigenvalue weighted by Gasteiger charge is 2.44. The van der Waals surface area contributed by atoms with Crippen molar-refractivity contribution in [3.63, 3.8) is 0 Å². The zero-order valence-corrected chi connectivity index (χ0v) is 18.5. The molecule has 162 valence electrons. The predicted molar refractivity (Wildman–Crippen MR) is 109 cm³/mol. The summed E-state index contributed by atoms with van der Waals surface area (Å²) in [6.07, 6.45) is 4.80. The first-order chi connectivity index (χ1) is 12.8. The van der Waals surface area contributed by atoms with Gasteiger partial charge >= 0.3 is 0 Å². The molecule has 5 atom stereocenters. The highest BCUT2D eigenvalue weighted by atomic mass is 28.3. The third kappa shape index (κ3) is 9.34. The van der Waals surface area contributed by atoms with Gasteiger partial charge in [-0.1, -0.05) is 77.4 Å². The van der Waals surface area contributed by atoms with Crippen molar-refractivity contribution in [2.75, 3.05) is 13.2 Å². The Balaban J connectivity index is 2.20. The molecule has 4 N–H and O–H groups in total. The van der Waals surface area contributed by atoms with Crippen LogP contribution >= 0.6 is 0 Å². The Morgan fingerprint density at radius 2 is 1.44 bits per heavy atom. The van der Waals surface area contributed by atoms with Crippen LogP contribution in [0.3, 0.4) is 0 Å². The molecule has 1 aliphatic rings. The summed E-state index contributed by atoms with van der Waals surface area (Å²) in [6, 6.07) is 2.20.